The molecule has 35 heavy (non-hydrogen) atoms. The molecule has 11 heteroatoms. The summed E-state index contributed by atoms with van der Waals surface area (Å²) in [7, 11) is 0. The second kappa shape index (κ2) is 9.93. The van der Waals surface area contributed by atoms with Crippen LogP contribution in [0.5, 0.6) is 0 Å². The molecule has 1 saturated heterocycles. The highest BCUT2D eigenvalue weighted by Gasteiger charge is 2.35. The molecule has 0 aliphatic carbocycles. The number of pyridine rings is 1. The van der Waals surface area contributed by atoms with E-state index < -0.39 is 35.3 Å². The summed E-state index contributed by atoms with van der Waals surface area (Å²) in [5, 5.41) is 2.98. The zero-order chi connectivity index (χ0) is 25.2. The number of carbonyl (C=O) groups excluding carboxylic acids is 1. The van der Waals surface area contributed by atoms with E-state index in [0.717, 1.165) is 24.8 Å². The Morgan fingerprint density at radius 3 is 2.54 bits per heavy atom. The number of aromatic nitrogens is 3. The van der Waals surface area contributed by atoms with Crippen molar-refractivity contribution in [3.05, 3.63) is 71.7 Å². The van der Waals surface area contributed by atoms with Gasteiger partial charge >= 0.3 is 6.18 Å². The maximum Gasteiger partial charge on any atom is 0.417 e. The molecule has 0 spiro atoms. The molecular weight excluding hydrogens is 469 g/mol. The van der Waals surface area contributed by atoms with Gasteiger partial charge in [0.25, 0.3) is 5.91 Å². The van der Waals surface area contributed by atoms with Crippen molar-refractivity contribution in [2.75, 3.05) is 18.4 Å². The molecule has 1 fully saturated rings. The van der Waals surface area contributed by atoms with Crippen molar-refractivity contribution in [1.29, 1.82) is 0 Å². The second-order valence-corrected chi connectivity index (χ2v) is 8.38. The Morgan fingerprint density at radius 1 is 1.14 bits per heavy atom. The third-order valence-corrected chi connectivity index (χ3v) is 6.03. The van der Waals surface area contributed by atoms with Gasteiger partial charge in [-0.1, -0.05) is 6.92 Å². The number of rotatable bonds is 5. The van der Waals surface area contributed by atoms with Gasteiger partial charge in [0.2, 0.25) is 0 Å². The van der Waals surface area contributed by atoms with Gasteiger partial charge in [0, 0.05) is 37.7 Å². The van der Waals surface area contributed by atoms with Gasteiger partial charge in [-0.15, -0.1) is 0 Å². The van der Waals surface area contributed by atoms with E-state index in [4.69, 9.17) is 0 Å². The van der Waals surface area contributed by atoms with Gasteiger partial charge in [-0.2, -0.15) is 13.2 Å². The van der Waals surface area contributed by atoms with Crippen LogP contribution < -0.4 is 5.32 Å². The van der Waals surface area contributed by atoms with Gasteiger partial charge in [-0.25, -0.2) is 23.7 Å². The lowest BCUT2D eigenvalue weighted by molar-refractivity contribution is -0.137. The minimum absolute atomic E-state index is 0.0180. The molecule has 1 N–H and O–H groups in total. The number of nitrogens with one attached hydrogen (secondary N) is 1. The molecule has 2 unspecified atom stereocenters. The molecule has 3 heterocycles. The van der Waals surface area contributed by atoms with Crippen LogP contribution in [0.25, 0.3) is 11.4 Å². The third-order valence-electron chi connectivity index (χ3n) is 6.03. The minimum atomic E-state index is -4.49. The highest BCUT2D eigenvalue weighted by molar-refractivity contribution is 6.00. The van der Waals surface area contributed by atoms with Crippen molar-refractivity contribution in [3.8, 4) is 11.4 Å². The Balaban J connectivity index is 1.60. The molecule has 3 aromatic rings. The molecule has 0 radical (unpaired) electrons. The zero-order valence-corrected chi connectivity index (χ0v) is 18.7. The smallest absolute Gasteiger partial charge is 0.368 e. The standard InChI is InChI=1S/C24H22F5N5O/c1-14-4-2-9-34(19(14)13-33-20-6-5-15(12-32-20)24(27,28)29)23(35)17-10-16(25)11-18(26)21(17)22-30-7-3-8-31-22/h3,5-8,10-12,14,19H,2,4,9,13H2,1H3,(H,32,33). The largest absolute Gasteiger partial charge is 0.417 e. The molecule has 1 aliphatic heterocycles. The van der Waals surface area contributed by atoms with E-state index >= 15 is 0 Å². The Hall–Kier alpha value is -3.63. The van der Waals surface area contributed by atoms with Crippen LogP contribution in [-0.4, -0.2) is 44.9 Å². The van der Waals surface area contributed by atoms with Crippen molar-refractivity contribution in [3.63, 3.8) is 0 Å². The SMILES string of the molecule is CC1CCCN(C(=O)c2cc(F)cc(F)c2-c2ncccn2)C1CNc1ccc(C(F)(F)F)cn1. The number of likely N-dealkylation sites (tertiary alicyclic amines) is 1. The van der Waals surface area contributed by atoms with E-state index in [2.05, 4.69) is 20.3 Å². The predicted molar refractivity (Wildman–Crippen MR) is 118 cm³/mol. The first-order valence-corrected chi connectivity index (χ1v) is 11.0. The van der Waals surface area contributed by atoms with Gasteiger partial charge in [-0.05, 0) is 43.0 Å². The number of alkyl halides is 3. The number of nitrogens with zero attached hydrogens (tertiary/aromatic N) is 4. The maximum absolute atomic E-state index is 14.8. The summed E-state index contributed by atoms with van der Waals surface area (Å²) < 4.78 is 67.3. The third kappa shape index (κ3) is 5.39. The van der Waals surface area contributed by atoms with Gasteiger partial charge in [-0.3, -0.25) is 4.79 Å². The molecule has 0 saturated carbocycles. The number of amides is 1. The maximum atomic E-state index is 14.8. The molecule has 0 bridgehead atoms. The lowest BCUT2D eigenvalue weighted by atomic mass is 9.89. The molecular formula is C24H22F5N5O. The Bertz CT molecular complexity index is 1190. The second-order valence-electron chi connectivity index (χ2n) is 8.38. The first-order chi connectivity index (χ1) is 16.6. The van der Waals surface area contributed by atoms with Crippen LogP contribution in [0, 0.1) is 17.6 Å². The fraction of sp³-hybridized carbons (Fsp3) is 0.333. The average Bonchev–Trinajstić information content (AvgIpc) is 2.82. The van der Waals surface area contributed by atoms with Gasteiger partial charge in [0.1, 0.15) is 17.5 Å². The van der Waals surface area contributed by atoms with Crippen molar-refractivity contribution in [1.82, 2.24) is 19.9 Å². The fourth-order valence-electron chi connectivity index (χ4n) is 4.24. The molecule has 1 aromatic carbocycles. The summed E-state index contributed by atoms with van der Waals surface area (Å²) in [6, 6.07) is 4.93. The first-order valence-electron chi connectivity index (χ1n) is 11.0. The Morgan fingerprint density at radius 2 is 1.89 bits per heavy atom. The predicted octanol–water partition coefficient (Wildman–Crippen LogP) is 5.19. The summed E-state index contributed by atoms with van der Waals surface area (Å²) in [4.78, 5) is 27.0. The topological polar surface area (TPSA) is 71.0 Å². The number of hydrogen-bond donors (Lipinski definition) is 1. The minimum Gasteiger partial charge on any atom is -0.368 e. The molecule has 4 rings (SSSR count). The Kier molecular flexibility index (Phi) is 6.95. The van der Waals surface area contributed by atoms with E-state index in [1.54, 1.807) is 0 Å². The van der Waals surface area contributed by atoms with Gasteiger partial charge in [0.15, 0.2) is 5.82 Å². The summed E-state index contributed by atoms with van der Waals surface area (Å²) in [6.07, 6.45) is 0.530. The van der Waals surface area contributed by atoms with Crippen LogP contribution in [0.1, 0.15) is 35.7 Å². The van der Waals surface area contributed by atoms with Crippen molar-refractivity contribution in [2.45, 2.75) is 32.0 Å². The zero-order valence-electron chi connectivity index (χ0n) is 18.7. The van der Waals surface area contributed by atoms with Crippen LogP contribution in [0.4, 0.5) is 27.8 Å². The monoisotopic (exact) mass is 491 g/mol. The van der Waals surface area contributed by atoms with Crippen molar-refractivity contribution in [2.24, 2.45) is 5.92 Å². The molecule has 184 valence electrons. The number of anilines is 1. The number of carbonyl (C=O) groups is 1. The fourth-order valence-corrected chi connectivity index (χ4v) is 4.24. The number of piperidine rings is 1. The normalized spacial score (nSPS) is 18.4. The molecule has 2 aromatic heterocycles. The average molecular weight is 491 g/mol. The highest BCUT2D eigenvalue weighted by Crippen LogP contribution is 2.31. The van der Waals surface area contributed by atoms with Crippen LogP contribution >= 0.6 is 0 Å². The molecule has 6 nitrogen and oxygen atoms in total. The lowest BCUT2D eigenvalue weighted by Gasteiger charge is -2.40. The van der Waals surface area contributed by atoms with E-state index in [0.29, 0.717) is 19.0 Å². The van der Waals surface area contributed by atoms with Crippen LogP contribution in [0.3, 0.4) is 0 Å². The van der Waals surface area contributed by atoms with E-state index in [-0.39, 0.29) is 35.2 Å². The van der Waals surface area contributed by atoms with Crippen LogP contribution in [0.15, 0.2) is 48.9 Å². The highest BCUT2D eigenvalue weighted by atomic mass is 19.4. The van der Waals surface area contributed by atoms with Crippen molar-refractivity contribution < 1.29 is 26.7 Å². The number of halogens is 5. The summed E-state index contributed by atoms with van der Waals surface area (Å²) in [5.74, 6) is -2.23. The summed E-state index contributed by atoms with van der Waals surface area (Å²) in [5.41, 5.74) is -1.25. The lowest BCUT2D eigenvalue weighted by Crippen LogP contribution is -2.51. The summed E-state index contributed by atoms with van der Waals surface area (Å²) in [6.45, 7) is 2.49. The van der Waals surface area contributed by atoms with Crippen LogP contribution in [0.2, 0.25) is 0 Å². The van der Waals surface area contributed by atoms with E-state index in [1.165, 1.54) is 29.4 Å². The molecule has 2 atom stereocenters. The number of hydrogen-bond acceptors (Lipinski definition) is 5. The van der Waals surface area contributed by atoms with Gasteiger partial charge < -0.3 is 10.2 Å². The van der Waals surface area contributed by atoms with Crippen molar-refractivity contribution >= 4 is 11.7 Å². The quantitative estimate of drug-likeness (QED) is 0.498. The van der Waals surface area contributed by atoms with E-state index in [9.17, 15) is 26.7 Å². The molecule has 1 aliphatic rings. The summed E-state index contributed by atoms with van der Waals surface area (Å²) >= 11 is 0. The Labute approximate surface area is 198 Å². The van der Waals surface area contributed by atoms with Crippen LogP contribution in [-0.2, 0) is 6.18 Å². The first kappa shape index (κ1) is 24.5. The van der Waals surface area contributed by atoms with Gasteiger partial charge in [0.05, 0.1) is 22.7 Å². The number of benzene rings is 1. The molecule has 1 amide bonds. The van der Waals surface area contributed by atoms with E-state index in [1.807, 2.05) is 6.92 Å².